The number of rotatable bonds is 18. The molecule has 0 unspecified atom stereocenters. The van der Waals surface area contributed by atoms with Gasteiger partial charge in [-0.15, -0.1) is 10.2 Å². The minimum atomic E-state index is -1.08. The number of carbonyl (C=O) groups is 6. The van der Waals surface area contributed by atoms with Crippen LogP contribution in [0.2, 0.25) is 0 Å². The molecule has 10 rings (SSSR count). The van der Waals surface area contributed by atoms with E-state index < -0.39 is 68.9 Å². The van der Waals surface area contributed by atoms with Crippen LogP contribution in [0.5, 0.6) is 0 Å². The van der Waals surface area contributed by atoms with Crippen molar-refractivity contribution in [3.63, 3.8) is 0 Å². The Balaban J connectivity index is 0.000000202. The summed E-state index contributed by atoms with van der Waals surface area (Å²) in [7, 11) is 0. The van der Waals surface area contributed by atoms with Gasteiger partial charge >= 0.3 is 11.9 Å². The second kappa shape index (κ2) is 23.7. The fraction of sp³-hybridized carbons (Fsp3) is 0.0769. The maximum absolute atomic E-state index is 14.3. The summed E-state index contributed by atoms with van der Waals surface area (Å²) in [6, 6.07) is 22.0. The van der Waals surface area contributed by atoms with E-state index in [1.165, 1.54) is 69.5 Å². The first-order chi connectivity index (χ1) is 40.1. The first-order valence-electron chi connectivity index (χ1n) is 24.1. The summed E-state index contributed by atoms with van der Waals surface area (Å²) in [6.07, 6.45) is 0. The SMILES string of the molecule is Nc1c(Nc2cc(CNC(=O)c3cc(C(=O)NCc4ccc(C(=O)O)cc4)n4c(=S)[nH]nc4n3)ccc2F)c(=O)c1=O.Nc1c(Nc2cc(CNC(=O)c3cc(C(=O)NCc4ccc(C(=O)O)cc4)nc4n[nH]c(=S)n34)ccc2F)c(=O)c1=O. The number of fused-ring (bicyclic) bond motifs is 2. The molecular formula is C52H38F2N16O12S2. The lowest BCUT2D eigenvalue weighted by Gasteiger charge is -2.13. The number of aromatic carboxylic acids is 2. The molecule has 32 heteroatoms. The van der Waals surface area contributed by atoms with E-state index in [0.29, 0.717) is 22.3 Å². The normalized spacial score (nSPS) is 11.0. The predicted molar refractivity (Wildman–Crippen MR) is 299 cm³/mol. The number of carbonyl (C=O) groups excluding carboxylic acids is 4. The van der Waals surface area contributed by atoms with Crippen molar-refractivity contribution in [2.75, 3.05) is 22.1 Å². The number of nitrogens with zero attached hydrogens (tertiary/aromatic N) is 6. The zero-order valence-corrected chi connectivity index (χ0v) is 44.1. The third-order valence-corrected chi connectivity index (χ3v) is 12.9. The number of halogens is 2. The molecule has 0 spiro atoms. The summed E-state index contributed by atoms with van der Waals surface area (Å²) < 4.78 is 31.2. The summed E-state index contributed by atoms with van der Waals surface area (Å²) in [4.78, 5) is 129. The summed E-state index contributed by atoms with van der Waals surface area (Å²) >= 11 is 10.4. The molecule has 0 aliphatic rings. The van der Waals surface area contributed by atoms with E-state index >= 15 is 0 Å². The molecule has 6 aromatic carbocycles. The standard InChI is InChI=1S/2C26H19FN8O6S/c27-14-6-3-12(7-15(14)31-19-18(28)20(36)21(19)37)10-29-22(38)16-8-17(35-25(32-16)33-34-26(35)42)23(39)30-9-11-1-4-13(5-2-11)24(40)41;27-14-6-3-12(7-15(14)31-19-18(28)20(36)21(19)37)10-30-23(39)17-8-16(32-25-33-34-26(42)35(17)25)22(38)29-9-11-1-4-13(5-2-11)24(40)41/h2*1-8,31H,9-10,28H2,(H,29,38)(H,30,39)(H,34,42)(H,40,41). The smallest absolute Gasteiger partial charge is 0.335 e. The highest BCUT2D eigenvalue weighted by molar-refractivity contribution is 7.71. The highest BCUT2D eigenvalue weighted by Gasteiger charge is 2.24. The highest BCUT2D eigenvalue weighted by atomic mass is 32.1. The third kappa shape index (κ3) is 12.0. The number of amides is 4. The first-order valence-corrected chi connectivity index (χ1v) is 24.9. The van der Waals surface area contributed by atoms with E-state index in [1.807, 2.05) is 0 Å². The molecule has 4 aromatic heterocycles. The number of aromatic nitrogens is 8. The van der Waals surface area contributed by atoms with Gasteiger partial charge in [-0.3, -0.25) is 38.4 Å². The second-order valence-corrected chi connectivity index (χ2v) is 18.7. The topological polar surface area (TPSA) is 427 Å². The van der Waals surface area contributed by atoms with E-state index in [2.05, 4.69) is 62.3 Å². The number of aromatic amines is 2. The van der Waals surface area contributed by atoms with Crippen molar-refractivity contribution in [3.05, 3.63) is 215 Å². The Kier molecular flexibility index (Phi) is 16.1. The molecule has 0 saturated carbocycles. The van der Waals surface area contributed by atoms with Gasteiger partial charge in [-0.05, 0) is 107 Å². The van der Waals surface area contributed by atoms with E-state index in [-0.39, 0.29) is 115 Å². The van der Waals surface area contributed by atoms with Crippen molar-refractivity contribution in [2.45, 2.75) is 26.2 Å². The Morgan fingerprint density at radius 1 is 0.488 bits per heavy atom. The number of nitrogens with two attached hydrogens (primary N) is 2. The largest absolute Gasteiger partial charge is 0.478 e. The van der Waals surface area contributed by atoms with Crippen LogP contribution in [0.1, 0.15) is 84.9 Å². The van der Waals surface area contributed by atoms with Crippen LogP contribution in [-0.2, 0) is 26.2 Å². The molecule has 84 heavy (non-hydrogen) atoms. The molecule has 4 heterocycles. The lowest BCUT2D eigenvalue weighted by molar-refractivity contribution is 0.0686. The lowest BCUT2D eigenvalue weighted by atomic mass is 10.1. The number of carboxylic acid groups (broad SMARTS) is 2. The molecule has 0 radical (unpaired) electrons. The Morgan fingerprint density at radius 3 is 1.17 bits per heavy atom. The number of anilines is 6. The van der Waals surface area contributed by atoms with Gasteiger partial charge < -0.3 is 53.6 Å². The molecule has 10 aromatic rings. The minimum absolute atomic E-state index is 0.0371. The molecule has 0 atom stereocenters. The molecule has 28 nitrogen and oxygen atoms in total. The molecule has 0 aliphatic carbocycles. The number of H-pyrrole nitrogens is 2. The summed E-state index contributed by atoms with van der Waals surface area (Å²) in [6.45, 7) is -0.0808. The fourth-order valence-corrected chi connectivity index (χ4v) is 8.36. The Bertz CT molecular complexity index is 4640. The molecule has 14 N–H and O–H groups in total. The zero-order valence-electron chi connectivity index (χ0n) is 42.5. The quantitative estimate of drug-likeness (QED) is 0.0434. The van der Waals surface area contributed by atoms with Crippen molar-refractivity contribution in [1.82, 2.24) is 60.4 Å². The van der Waals surface area contributed by atoms with Gasteiger partial charge in [0, 0.05) is 26.2 Å². The molecule has 0 fully saturated rings. The van der Waals surface area contributed by atoms with Crippen LogP contribution in [0.25, 0.3) is 11.6 Å². The van der Waals surface area contributed by atoms with Crippen molar-refractivity contribution in [2.24, 2.45) is 0 Å². The van der Waals surface area contributed by atoms with Crippen molar-refractivity contribution < 1.29 is 47.8 Å². The van der Waals surface area contributed by atoms with Crippen LogP contribution in [-0.4, -0.2) is 84.9 Å². The van der Waals surface area contributed by atoms with Crippen molar-refractivity contribution >= 4 is 106 Å². The number of nitrogens with one attached hydrogen (secondary N) is 8. The number of hydrogen-bond acceptors (Lipinski definition) is 20. The average Bonchev–Trinajstić information content (AvgIpc) is 4.22. The number of benzene rings is 4. The Morgan fingerprint density at radius 2 is 0.821 bits per heavy atom. The average molecular weight is 1180 g/mol. The Hall–Kier alpha value is -11.5. The van der Waals surface area contributed by atoms with Crippen LogP contribution in [0.15, 0.2) is 116 Å². The molecular weight excluding hydrogens is 1140 g/mol. The van der Waals surface area contributed by atoms with Crippen molar-refractivity contribution in [3.8, 4) is 0 Å². The summed E-state index contributed by atoms with van der Waals surface area (Å²) in [5.41, 5.74) is 8.22. The maximum atomic E-state index is 14.3. The van der Waals surface area contributed by atoms with Gasteiger partial charge in [0.15, 0.2) is 0 Å². The fourth-order valence-electron chi connectivity index (χ4n) is 7.91. The van der Waals surface area contributed by atoms with Crippen molar-refractivity contribution in [1.29, 1.82) is 0 Å². The van der Waals surface area contributed by atoms with Gasteiger partial charge in [0.1, 0.15) is 57.2 Å². The van der Waals surface area contributed by atoms with Crippen LogP contribution in [0, 0.1) is 21.2 Å². The molecule has 0 bridgehead atoms. The van der Waals surface area contributed by atoms with E-state index in [0.717, 1.165) is 12.1 Å². The van der Waals surface area contributed by atoms with Gasteiger partial charge in [0.2, 0.25) is 9.54 Å². The van der Waals surface area contributed by atoms with Crippen LogP contribution in [0.4, 0.5) is 42.9 Å². The van der Waals surface area contributed by atoms with Gasteiger partial charge in [0.25, 0.3) is 56.9 Å². The van der Waals surface area contributed by atoms with Gasteiger partial charge in [-0.25, -0.2) is 47.3 Å². The number of hydrogen-bond donors (Lipinski definition) is 12. The van der Waals surface area contributed by atoms with Gasteiger partial charge in [0.05, 0.1) is 22.5 Å². The van der Waals surface area contributed by atoms with Gasteiger partial charge in [-0.2, -0.15) is 0 Å². The zero-order chi connectivity index (χ0) is 60.3. The monoisotopic (exact) mass is 1180 g/mol. The molecule has 0 aliphatic heterocycles. The van der Waals surface area contributed by atoms with E-state index in [1.54, 1.807) is 24.3 Å². The number of carboxylic acids is 2. The lowest BCUT2D eigenvalue weighted by Crippen LogP contribution is -2.36. The second-order valence-electron chi connectivity index (χ2n) is 17.9. The van der Waals surface area contributed by atoms with Crippen LogP contribution in [0.3, 0.4) is 0 Å². The summed E-state index contributed by atoms with van der Waals surface area (Å²) in [5.74, 6) is -6.25. The molecule has 424 valence electrons. The Labute approximate surface area is 475 Å². The predicted octanol–water partition coefficient (Wildman–Crippen LogP) is 2.81. The van der Waals surface area contributed by atoms with Gasteiger partial charge in [-0.1, -0.05) is 36.4 Å². The van der Waals surface area contributed by atoms with Crippen LogP contribution < -0.4 is 65.1 Å². The van der Waals surface area contributed by atoms with E-state index in [4.69, 9.17) is 46.1 Å². The highest BCUT2D eigenvalue weighted by Crippen LogP contribution is 2.25. The minimum Gasteiger partial charge on any atom is -0.478 e. The third-order valence-electron chi connectivity index (χ3n) is 12.4. The maximum Gasteiger partial charge on any atom is 0.335 e. The number of nitrogen functional groups attached to an aromatic ring is 2. The molecule has 0 saturated heterocycles. The first kappa shape index (κ1) is 57.2. The summed E-state index contributed by atoms with van der Waals surface area (Å²) in [5, 5.41) is 46.6. The van der Waals surface area contributed by atoms with E-state index in [9.17, 15) is 56.7 Å². The molecule has 4 amide bonds. The van der Waals surface area contributed by atoms with Crippen LogP contribution >= 0.6 is 24.4 Å².